The van der Waals surface area contributed by atoms with Crippen molar-refractivity contribution in [3.05, 3.63) is 35.9 Å². The van der Waals surface area contributed by atoms with Crippen LogP contribution in [-0.4, -0.2) is 40.8 Å². The highest BCUT2D eigenvalue weighted by Gasteiger charge is 2.27. The van der Waals surface area contributed by atoms with Gasteiger partial charge in [-0.25, -0.2) is 17.9 Å². The first-order valence-electron chi connectivity index (χ1n) is 5.80. The van der Waals surface area contributed by atoms with E-state index in [9.17, 15) is 13.2 Å². The van der Waals surface area contributed by atoms with E-state index < -0.39 is 21.7 Å². The quantitative estimate of drug-likeness (QED) is 0.704. The summed E-state index contributed by atoms with van der Waals surface area (Å²) in [6.45, 7) is 2.06. The van der Waals surface area contributed by atoms with E-state index in [-0.39, 0.29) is 17.1 Å². The summed E-state index contributed by atoms with van der Waals surface area (Å²) >= 11 is 0. The van der Waals surface area contributed by atoms with Crippen LogP contribution < -0.4 is 4.72 Å². The van der Waals surface area contributed by atoms with Crippen LogP contribution in [0.3, 0.4) is 0 Å². The Bertz CT molecular complexity index is 703. The molecule has 2 heterocycles. The molecular formula is C11H14N4O4S. The summed E-state index contributed by atoms with van der Waals surface area (Å²) in [5.74, 6) is -1.39. The van der Waals surface area contributed by atoms with Gasteiger partial charge in [-0.2, -0.15) is 5.10 Å². The van der Waals surface area contributed by atoms with Crippen molar-refractivity contribution in [2.75, 3.05) is 6.54 Å². The number of H-pyrrole nitrogens is 1. The van der Waals surface area contributed by atoms with Crippen LogP contribution in [0.1, 0.15) is 16.2 Å². The summed E-state index contributed by atoms with van der Waals surface area (Å²) in [7, 11) is -3.91. The topological polar surface area (TPSA) is 117 Å². The molecule has 0 saturated heterocycles. The highest BCUT2D eigenvalue weighted by Crippen LogP contribution is 2.17. The number of aryl methyl sites for hydroxylation is 1. The monoisotopic (exact) mass is 298 g/mol. The first-order valence-corrected chi connectivity index (χ1v) is 7.29. The first-order chi connectivity index (χ1) is 9.42. The van der Waals surface area contributed by atoms with Gasteiger partial charge in [0.15, 0.2) is 5.69 Å². The third-order valence-electron chi connectivity index (χ3n) is 2.69. The average molecular weight is 298 g/mol. The van der Waals surface area contributed by atoms with Crippen molar-refractivity contribution in [2.45, 2.75) is 18.4 Å². The number of hydrogen-bond donors (Lipinski definition) is 3. The third kappa shape index (κ3) is 2.89. The van der Waals surface area contributed by atoms with Gasteiger partial charge in [0, 0.05) is 25.5 Å². The van der Waals surface area contributed by atoms with Crippen molar-refractivity contribution in [3.8, 4) is 0 Å². The van der Waals surface area contributed by atoms with E-state index in [4.69, 9.17) is 5.11 Å². The van der Waals surface area contributed by atoms with Crippen LogP contribution in [0.2, 0.25) is 0 Å². The van der Waals surface area contributed by atoms with Crippen LogP contribution in [0.25, 0.3) is 0 Å². The third-order valence-corrected chi connectivity index (χ3v) is 4.31. The lowest BCUT2D eigenvalue weighted by atomic mass is 10.4. The van der Waals surface area contributed by atoms with Gasteiger partial charge in [0.2, 0.25) is 10.0 Å². The first kappa shape index (κ1) is 14.3. The number of carbonyl (C=O) groups is 1. The summed E-state index contributed by atoms with van der Waals surface area (Å²) in [5.41, 5.74) is -0.313. The second-order valence-corrected chi connectivity index (χ2v) is 5.85. The molecular weight excluding hydrogens is 284 g/mol. The van der Waals surface area contributed by atoms with Crippen LogP contribution in [0.5, 0.6) is 0 Å². The Morgan fingerprint density at radius 1 is 1.45 bits per heavy atom. The van der Waals surface area contributed by atoms with E-state index in [1.165, 1.54) is 6.92 Å². The molecule has 2 aromatic heterocycles. The fourth-order valence-electron chi connectivity index (χ4n) is 1.79. The number of sulfonamides is 1. The van der Waals surface area contributed by atoms with Gasteiger partial charge in [0.05, 0.1) is 5.69 Å². The van der Waals surface area contributed by atoms with Crippen molar-refractivity contribution in [1.82, 2.24) is 19.5 Å². The summed E-state index contributed by atoms with van der Waals surface area (Å²) < 4.78 is 28.4. The SMILES string of the molecule is Cc1[nH]nc(C(=O)O)c1S(=O)(=O)NCCn1cccc1. The minimum Gasteiger partial charge on any atom is -0.476 e. The molecule has 8 nitrogen and oxygen atoms in total. The lowest BCUT2D eigenvalue weighted by Crippen LogP contribution is -2.28. The molecule has 20 heavy (non-hydrogen) atoms. The van der Waals surface area contributed by atoms with Gasteiger partial charge >= 0.3 is 5.97 Å². The van der Waals surface area contributed by atoms with Gasteiger partial charge in [-0.05, 0) is 19.1 Å². The minimum absolute atomic E-state index is 0.153. The number of aromatic nitrogens is 3. The average Bonchev–Trinajstić information content (AvgIpc) is 2.98. The van der Waals surface area contributed by atoms with Gasteiger partial charge < -0.3 is 9.67 Å². The maximum Gasteiger partial charge on any atom is 0.357 e. The van der Waals surface area contributed by atoms with E-state index in [1.54, 1.807) is 12.4 Å². The fraction of sp³-hybridized carbons (Fsp3) is 0.273. The Labute approximate surface area is 115 Å². The Morgan fingerprint density at radius 2 is 2.10 bits per heavy atom. The number of aromatic carboxylic acids is 1. The summed E-state index contributed by atoms with van der Waals surface area (Å²) in [4.78, 5) is 10.6. The van der Waals surface area contributed by atoms with E-state index >= 15 is 0 Å². The van der Waals surface area contributed by atoms with E-state index in [1.807, 2.05) is 16.7 Å². The number of carboxylic acid groups (broad SMARTS) is 1. The molecule has 0 aliphatic rings. The van der Waals surface area contributed by atoms with Gasteiger partial charge in [0.25, 0.3) is 0 Å². The van der Waals surface area contributed by atoms with Gasteiger partial charge in [0.1, 0.15) is 4.90 Å². The minimum atomic E-state index is -3.91. The molecule has 2 aromatic rings. The number of nitrogens with zero attached hydrogens (tertiary/aromatic N) is 2. The Balaban J connectivity index is 2.14. The van der Waals surface area contributed by atoms with Crippen molar-refractivity contribution in [1.29, 1.82) is 0 Å². The number of aromatic amines is 1. The molecule has 0 aromatic carbocycles. The molecule has 0 saturated carbocycles. The number of carboxylic acids is 1. The van der Waals surface area contributed by atoms with Crippen LogP contribution in [-0.2, 0) is 16.6 Å². The largest absolute Gasteiger partial charge is 0.476 e. The fourth-order valence-corrected chi connectivity index (χ4v) is 3.13. The molecule has 2 rings (SSSR count). The lowest BCUT2D eigenvalue weighted by Gasteiger charge is -2.07. The zero-order chi connectivity index (χ0) is 14.8. The van der Waals surface area contributed by atoms with Gasteiger partial charge in [-0.1, -0.05) is 0 Å². The van der Waals surface area contributed by atoms with Crippen molar-refractivity contribution in [3.63, 3.8) is 0 Å². The lowest BCUT2D eigenvalue weighted by molar-refractivity contribution is 0.0686. The smallest absolute Gasteiger partial charge is 0.357 e. The highest BCUT2D eigenvalue weighted by atomic mass is 32.2. The number of hydrogen-bond acceptors (Lipinski definition) is 4. The molecule has 0 atom stereocenters. The van der Waals surface area contributed by atoms with Crippen molar-refractivity contribution in [2.24, 2.45) is 0 Å². The predicted octanol–water partition coefficient (Wildman–Crippen LogP) is 0.196. The zero-order valence-corrected chi connectivity index (χ0v) is 11.5. The molecule has 0 spiro atoms. The molecule has 0 aliphatic carbocycles. The summed E-state index contributed by atoms with van der Waals surface area (Å²) in [5, 5.41) is 14.8. The van der Waals surface area contributed by atoms with Crippen molar-refractivity contribution >= 4 is 16.0 Å². The van der Waals surface area contributed by atoms with E-state index in [2.05, 4.69) is 14.9 Å². The molecule has 0 radical (unpaired) electrons. The van der Waals surface area contributed by atoms with E-state index in [0.717, 1.165) is 0 Å². The second-order valence-electron chi connectivity index (χ2n) is 4.15. The van der Waals surface area contributed by atoms with Crippen molar-refractivity contribution < 1.29 is 18.3 Å². The molecule has 0 bridgehead atoms. The molecule has 3 N–H and O–H groups in total. The molecule has 108 valence electrons. The zero-order valence-electron chi connectivity index (χ0n) is 10.7. The van der Waals surface area contributed by atoms with Gasteiger partial charge in [-0.15, -0.1) is 0 Å². The van der Waals surface area contributed by atoms with Crippen LogP contribution in [0.15, 0.2) is 29.4 Å². The molecule has 0 amide bonds. The predicted molar refractivity (Wildman–Crippen MR) is 69.9 cm³/mol. The van der Waals surface area contributed by atoms with E-state index in [0.29, 0.717) is 6.54 Å². The number of nitrogens with one attached hydrogen (secondary N) is 2. The van der Waals surface area contributed by atoms with Gasteiger partial charge in [-0.3, -0.25) is 5.10 Å². The molecule has 0 unspecified atom stereocenters. The Morgan fingerprint density at radius 3 is 2.70 bits per heavy atom. The Kier molecular flexibility index (Phi) is 3.91. The van der Waals surface area contributed by atoms with Crippen LogP contribution in [0, 0.1) is 6.92 Å². The second kappa shape index (κ2) is 5.47. The number of rotatable bonds is 6. The molecule has 9 heteroatoms. The molecule has 0 fully saturated rings. The highest BCUT2D eigenvalue weighted by molar-refractivity contribution is 7.89. The summed E-state index contributed by atoms with van der Waals surface area (Å²) in [6, 6.07) is 3.66. The van der Waals surface area contributed by atoms with Crippen LogP contribution >= 0.6 is 0 Å². The maximum absolute atomic E-state index is 12.1. The standard InChI is InChI=1S/C11H14N4O4S/c1-8-10(9(11(16)17)14-13-8)20(18,19)12-4-7-15-5-2-3-6-15/h2-3,5-6,12H,4,7H2,1H3,(H,13,14)(H,16,17). The molecule has 0 aliphatic heterocycles. The van der Waals surface area contributed by atoms with Crippen LogP contribution in [0.4, 0.5) is 0 Å². The Hall–Kier alpha value is -2.13. The summed E-state index contributed by atoms with van der Waals surface area (Å²) in [6.07, 6.45) is 3.61. The maximum atomic E-state index is 12.1. The normalized spacial score (nSPS) is 11.7.